The summed E-state index contributed by atoms with van der Waals surface area (Å²) >= 11 is 0. The number of allylic oxidation sites excluding steroid dienone is 6. The van der Waals surface area contributed by atoms with E-state index in [9.17, 15) is 14.4 Å². The lowest BCUT2D eigenvalue weighted by Crippen LogP contribution is -2.30. The van der Waals surface area contributed by atoms with E-state index in [1.54, 1.807) is 0 Å². The van der Waals surface area contributed by atoms with E-state index < -0.39 is 6.10 Å². The molecule has 0 fully saturated rings. The second kappa shape index (κ2) is 61.2. The summed E-state index contributed by atoms with van der Waals surface area (Å²) in [6, 6.07) is 0. The smallest absolute Gasteiger partial charge is 0.306 e. The van der Waals surface area contributed by atoms with Crippen LogP contribution in [0.5, 0.6) is 0 Å². The van der Waals surface area contributed by atoms with Crippen LogP contribution in [0.25, 0.3) is 0 Å². The molecule has 6 heteroatoms. The summed E-state index contributed by atoms with van der Waals surface area (Å²) < 4.78 is 16.9. The van der Waals surface area contributed by atoms with Crippen molar-refractivity contribution in [3.8, 4) is 0 Å². The Labute approximate surface area is 448 Å². The molecule has 1 atom stereocenters. The van der Waals surface area contributed by atoms with E-state index in [2.05, 4.69) is 57.2 Å². The molecule has 0 aliphatic carbocycles. The van der Waals surface area contributed by atoms with E-state index in [4.69, 9.17) is 14.2 Å². The molecule has 0 aliphatic rings. The summed E-state index contributed by atoms with van der Waals surface area (Å²) in [5, 5.41) is 0. The Morgan fingerprint density at radius 3 is 0.778 bits per heavy atom. The minimum Gasteiger partial charge on any atom is -0.462 e. The van der Waals surface area contributed by atoms with Crippen molar-refractivity contribution in [1.82, 2.24) is 0 Å². The highest BCUT2D eigenvalue weighted by Gasteiger charge is 2.19. The van der Waals surface area contributed by atoms with Crippen LogP contribution in [0.4, 0.5) is 0 Å². The Kier molecular flexibility index (Phi) is 59.2. The highest BCUT2D eigenvalue weighted by Crippen LogP contribution is 2.17. The Morgan fingerprint density at radius 1 is 0.278 bits per heavy atom. The Hall–Kier alpha value is -2.37. The zero-order valence-corrected chi connectivity index (χ0v) is 48.5. The van der Waals surface area contributed by atoms with Crippen LogP contribution in [0.1, 0.15) is 348 Å². The first-order valence-corrected chi connectivity index (χ1v) is 32.0. The maximum atomic E-state index is 12.9. The Morgan fingerprint density at radius 2 is 0.500 bits per heavy atom. The summed E-state index contributed by atoms with van der Waals surface area (Å²) in [6.45, 7) is 6.68. The van der Waals surface area contributed by atoms with Crippen molar-refractivity contribution in [2.24, 2.45) is 0 Å². The molecule has 1 unspecified atom stereocenters. The molecule has 0 heterocycles. The largest absolute Gasteiger partial charge is 0.462 e. The van der Waals surface area contributed by atoms with Crippen LogP contribution < -0.4 is 0 Å². The molecule has 0 aromatic rings. The predicted octanol–water partition coefficient (Wildman–Crippen LogP) is 21.6. The number of hydrogen-bond acceptors (Lipinski definition) is 6. The van der Waals surface area contributed by atoms with Crippen molar-refractivity contribution in [2.45, 2.75) is 354 Å². The van der Waals surface area contributed by atoms with Gasteiger partial charge < -0.3 is 14.2 Å². The fourth-order valence-electron chi connectivity index (χ4n) is 9.53. The summed E-state index contributed by atoms with van der Waals surface area (Å²) in [5.74, 6) is -0.861. The van der Waals surface area contributed by atoms with Gasteiger partial charge in [0.05, 0.1) is 0 Å². The van der Waals surface area contributed by atoms with Crippen LogP contribution in [0, 0.1) is 0 Å². The van der Waals surface area contributed by atoms with Gasteiger partial charge in [0, 0.05) is 19.3 Å². The summed E-state index contributed by atoms with van der Waals surface area (Å²) in [6.07, 6.45) is 74.3. The van der Waals surface area contributed by atoms with Crippen LogP contribution in [0.15, 0.2) is 36.5 Å². The third kappa shape index (κ3) is 58.5. The van der Waals surface area contributed by atoms with E-state index in [0.29, 0.717) is 19.3 Å². The van der Waals surface area contributed by atoms with Crippen LogP contribution >= 0.6 is 0 Å². The van der Waals surface area contributed by atoms with E-state index in [1.807, 2.05) is 0 Å². The minimum atomic E-state index is -0.775. The monoisotopic (exact) mass is 1010 g/mol. The van der Waals surface area contributed by atoms with Gasteiger partial charge in [0.25, 0.3) is 0 Å². The standard InChI is InChI=1S/C66H122O6/c1-4-7-10-13-16-19-22-25-28-31-32-33-34-36-38-41-44-47-50-53-56-59-65(68)71-62-63(61-70-64(67)58-55-52-49-46-43-40-37-30-27-24-21-18-15-12-9-6-3)72-66(69)60-57-54-51-48-45-42-39-35-29-26-23-20-17-14-11-8-5-2/h22,25,30-32,37,63H,4-21,23-24,26-29,33-36,38-62H2,1-3H3/b25-22-,32-31-,37-30-. The predicted molar refractivity (Wildman–Crippen MR) is 312 cm³/mol. The third-order valence-corrected chi connectivity index (χ3v) is 14.4. The molecule has 0 aromatic carbocycles. The average molecular weight is 1010 g/mol. The van der Waals surface area contributed by atoms with Gasteiger partial charge in [-0.25, -0.2) is 0 Å². The molecule has 0 saturated heterocycles. The normalized spacial score (nSPS) is 12.2. The number of carbonyl (C=O) groups excluding carboxylic acids is 3. The summed E-state index contributed by atoms with van der Waals surface area (Å²) in [5.41, 5.74) is 0. The Balaban J connectivity index is 4.33. The molecule has 0 spiro atoms. The van der Waals surface area contributed by atoms with Crippen molar-refractivity contribution in [3.63, 3.8) is 0 Å². The second-order valence-electron chi connectivity index (χ2n) is 21.7. The molecule has 72 heavy (non-hydrogen) atoms. The van der Waals surface area contributed by atoms with Gasteiger partial charge in [0.1, 0.15) is 13.2 Å². The molecule has 0 aliphatic heterocycles. The van der Waals surface area contributed by atoms with Gasteiger partial charge in [0.15, 0.2) is 6.10 Å². The lowest BCUT2D eigenvalue weighted by atomic mass is 10.0. The van der Waals surface area contributed by atoms with Crippen LogP contribution in [-0.4, -0.2) is 37.2 Å². The van der Waals surface area contributed by atoms with E-state index in [-0.39, 0.29) is 31.1 Å². The molecular formula is C66H122O6. The van der Waals surface area contributed by atoms with Gasteiger partial charge in [-0.1, -0.05) is 288 Å². The minimum absolute atomic E-state index is 0.0729. The highest BCUT2D eigenvalue weighted by molar-refractivity contribution is 5.71. The first-order chi connectivity index (χ1) is 35.5. The highest BCUT2D eigenvalue weighted by atomic mass is 16.6. The molecule has 422 valence electrons. The number of hydrogen-bond donors (Lipinski definition) is 0. The number of esters is 3. The fraction of sp³-hybridized carbons (Fsp3) is 0.864. The number of unbranched alkanes of at least 4 members (excludes halogenated alkanes) is 42. The molecule has 0 aromatic heterocycles. The van der Waals surface area contributed by atoms with Crippen molar-refractivity contribution in [1.29, 1.82) is 0 Å². The topological polar surface area (TPSA) is 78.9 Å². The van der Waals surface area contributed by atoms with E-state index >= 15 is 0 Å². The molecule has 6 nitrogen and oxygen atoms in total. The SMILES string of the molecule is CCCCCCC/C=C\C/C=C\CCCCCCCCCCCC(=O)OCC(COC(=O)CCCCCCC/C=C\CCCCCCCCC)OC(=O)CCCCCCCCCCCCCCCCCCC. The molecule has 0 saturated carbocycles. The molecule has 0 rings (SSSR count). The second-order valence-corrected chi connectivity index (χ2v) is 21.7. The van der Waals surface area contributed by atoms with Crippen molar-refractivity contribution >= 4 is 17.9 Å². The fourth-order valence-corrected chi connectivity index (χ4v) is 9.53. The molecule has 0 bridgehead atoms. The maximum absolute atomic E-state index is 12.9. The number of ether oxygens (including phenoxy) is 3. The van der Waals surface area contributed by atoms with E-state index in [0.717, 1.165) is 70.6 Å². The molecule has 0 radical (unpaired) electrons. The molecular weight excluding hydrogens is 889 g/mol. The average Bonchev–Trinajstić information content (AvgIpc) is 3.38. The van der Waals surface area contributed by atoms with Gasteiger partial charge in [-0.2, -0.15) is 0 Å². The maximum Gasteiger partial charge on any atom is 0.306 e. The first kappa shape index (κ1) is 69.6. The zero-order chi connectivity index (χ0) is 52.2. The van der Waals surface area contributed by atoms with Crippen molar-refractivity contribution < 1.29 is 28.6 Å². The third-order valence-electron chi connectivity index (χ3n) is 14.4. The molecule has 0 N–H and O–H groups in total. The van der Waals surface area contributed by atoms with Gasteiger partial charge in [-0.05, 0) is 77.0 Å². The van der Waals surface area contributed by atoms with Gasteiger partial charge in [-0.15, -0.1) is 0 Å². The van der Waals surface area contributed by atoms with Gasteiger partial charge in [0.2, 0.25) is 0 Å². The lowest BCUT2D eigenvalue weighted by Gasteiger charge is -2.18. The van der Waals surface area contributed by atoms with Crippen LogP contribution in [0.3, 0.4) is 0 Å². The van der Waals surface area contributed by atoms with Crippen molar-refractivity contribution in [3.05, 3.63) is 36.5 Å². The quantitative estimate of drug-likeness (QED) is 0.0261. The summed E-state index contributed by atoms with van der Waals surface area (Å²) in [7, 11) is 0. The zero-order valence-electron chi connectivity index (χ0n) is 48.5. The first-order valence-electron chi connectivity index (χ1n) is 32.0. The van der Waals surface area contributed by atoms with Gasteiger partial charge in [-0.3, -0.25) is 14.4 Å². The molecule has 0 amide bonds. The van der Waals surface area contributed by atoms with E-state index in [1.165, 1.54) is 238 Å². The lowest BCUT2D eigenvalue weighted by molar-refractivity contribution is -0.167. The van der Waals surface area contributed by atoms with Crippen molar-refractivity contribution in [2.75, 3.05) is 13.2 Å². The Bertz CT molecular complexity index is 1210. The van der Waals surface area contributed by atoms with Crippen LogP contribution in [-0.2, 0) is 28.6 Å². The number of carbonyl (C=O) groups is 3. The summed E-state index contributed by atoms with van der Waals surface area (Å²) in [4.78, 5) is 38.3. The van der Waals surface area contributed by atoms with Gasteiger partial charge >= 0.3 is 17.9 Å². The van der Waals surface area contributed by atoms with Crippen LogP contribution in [0.2, 0.25) is 0 Å². The number of rotatable bonds is 59.